The minimum Gasteiger partial charge on any atom is -0.380 e. The maximum atomic E-state index is 13.2. The summed E-state index contributed by atoms with van der Waals surface area (Å²) in [6.07, 6.45) is 2.33. The summed E-state index contributed by atoms with van der Waals surface area (Å²) >= 11 is 0. The number of nitrogens with zero attached hydrogens (tertiary/aromatic N) is 1. The number of ether oxygens (including phenoxy) is 1. The molecule has 0 saturated carbocycles. The van der Waals surface area contributed by atoms with E-state index in [4.69, 9.17) is 10.5 Å². The van der Waals surface area contributed by atoms with Crippen LogP contribution in [0.15, 0.2) is 24.3 Å². The minimum atomic E-state index is -0.299. The second-order valence-corrected chi connectivity index (χ2v) is 5.73. The topological polar surface area (TPSA) is 55.6 Å². The lowest BCUT2D eigenvalue weighted by molar-refractivity contribution is -0.122. The summed E-state index contributed by atoms with van der Waals surface area (Å²) < 4.78 is 18.5. The summed E-state index contributed by atoms with van der Waals surface area (Å²) in [7, 11) is 1.66. The summed E-state index contributed by atoms with van der Waals surface area (Å²) in [6.45, 7) is 2.79. The number of aryl methyl sites for hydroxylation is 1. The van der Waals surface area contributed by atoms with Gasteiger partial charge in [-0.05, 0) is 43.9 Å². The summed E-state index contributed by atoms with van der Waals surface area (Å²) in [5.41, 5.74) is 6.46. The molecule has 1 aliphatic heterocycles. The van der Waals surface area contributed by atoms with E-state index in [2.05, 4.69) is 11.8 Å². The van der Waals surface area contributed by atoms with Crippen molar-refractivity contribution in [1.29, 1.82) is 0 Å². The zero-order chi connectivity index (χ0) is 15.4. The Kier molecular flexibility index (Phi) is 5.31. The van der Waals surface area contributed by atoms with Gasteiger partial charge in [0.25, 0.3) is 0 Å². The quantitative estimate of drug-likeness (QED) is 0.869. The molecule has 0 unspecified atom stereocenters. The van der Waals surface area contributed by atoms with Crippen molar-refractivity contribution in [3.05, 3.63) is 35.6 Å². The number of benzene rings is 1. The molecule has 1 amide bonds. The van der Waals surface area contributed by atoms with Crippen molar-refractivity contribution in [3.8, 4) is 0 Å². The highest BCUT2D eigenvalue weighted by atomic mass is 19.1. The van der Waals surface area contributed by atoms with Crippen molar-refractivity contribution in [3.63, 3.8) is 0 Å². The number of hydrogen-bond acceptors (Lipinski definition) is 3. The molecule has 1 heterocycles. The van der Waals surface area contributed by atoms with E-state index in [-0.39, 0.29) is 29.9 Å². The van der Waals surface area contributed by atoms with E-state index >= 15 is 0 Å². The largest absolute Gasteiger partial charge is 0.380 e. The van der Waals surface area contributed by atoms with Crippen molar-refractivity contribution in [2.75, 3.05) is 13.7 Å². The molecule has 5 heteroatoms. The number of rotatable bonds is 6. The highest BCUT2D eigenvalue weighted by molar-refractivity contribution is 5.80. The van der Waals surface area contributed by atoms with Gasteiger partial charge in [-0.25, -0.2) is 4.39 Å². The summed E-state index contributed by atoms with van der Waals surface area (Å²) in [6, 6.07) is 6.57. The third-order valence-corrected chi connectivity index (χ3v) is 4.27. The van der Waals surface area contributed by atoms with Gasteiger partial charge in [0.1, 0.15) is 5.82 Å². The first-order valence-electron chi connectivity index (χ1n) is 7.33. The Hall–Kier alpha value is -1.46. The molecule has 1 saturated heterocycles. The third kappa shape index (κ3) is 4.02. The Bertz CT molecular complexity index is 495. The van der Waals surface area contributed by atoms with Crippen LogP contribution >= 0.6 is 0 Å². The molecule has 3 atom stereocenters. The maximum Gasteiger partial charge on any atom is 0.234 e. The van der Waals surface area contributed by atoms with E-state index in [9.17, 15) is 9.18 Å². The van der Waals surface area contributed by atoms with Crippen LogP contribution in [0, 0.1) is 5.82 Å². The van der Waals surface area contributed by atoms with Gasteiger partial charge in [-0.15, -0.1) is 0 Å². The number of nitrogens with two attached hydrogens (primary N) is 1. The van der Waals surface area contributed by atoms with Gasteiger partial charge in [0.15, 0.2) is 0 Å². The fourth-order valence-corrected chi connectivity index (χ4v) is 2.99. The molecule has 1 aromatic rings. The molecule has 116 valence electrons. The van der Waals surface area contributed by atoms with Crippen LogP contribution in [-0.2, 0) is 16.0 Å². The molecular weight excluding hydrogens is 271 g/mol. The Morgan fingerprint density at radius 1 is 1.57 bits per heavy atom. The molecule has 0 radical (unpaired) electrons. The summed E-state index contributed by atoms with van der Waals surface area (Å²) in [4.78, 5) is 13.7. The van der Waals surface area contributed by atoms with E-state index in [0.717, 1.165) is 18.4 Å². The normalized spacial score (nSPS) is 24.1. The number of amides is 1. The second-order valence-electron chi connectivity index (χ2n) is 5.73. The number of carbonyl (C=O) groups is 1. The van der Waals surface area contributed by atoms with E-state index in [1.165, 1.54) is 6.07 Å². The van der Waals surface area contributed by atoms with Gasteiger partial charge in [-0.1, -0.05) is 12.1 Å². The van der Waals surface area contributed by atoms with E-state index in [1.54, 1.807) is 19.2 Å². The zero-order valence-electron chi connectivity index (χ0n) is 12.6. The van der Waals surface area contributed by atoms with Gasteiger partial charge < -0.3 is 10.5 Å². The number of likely N-dealkylation sites (tertiary alicyclic amines) is 1. The van der Waals surface area contributed by atoms with Crippen LogP contribution in [0.1, 0.15) is 25.3 Å². The summed E-state index contributed by atoms with van der Waals surface area (Å²) in [5.74, 6) is -0.511. The van der Waals surface area contributed by atoms with E-state index in [1.807, 2.05) is 6.07 Å². The van der Waals surface area contributed by atoms with Crippen molar-refractivity contribution in [1.82, 2.24) is 4.90 Å². The molecule has 1 aromatic carbocycles. The first kappa shape index (κ1) is 15.9. The van der Waals surface area contributed by atoms with Crippen LogP contribution in [0.25, 0.3) is 0 Å². The Balaban J connectivity index is 1.95. The average Bonchev–Trinajstić information content (AvgIpc) is 2.89. The monoisotopic (exact) mass is 294 g/mol. The number of methoxy groups -OCH3 is 1. The van der Waals surface area contributed by atoms with Crippen molar-refractivity contribution >= 4 is 5.91 Å². The van der Waals surface area contributed by atoms with E-state index < -0.39 is 0 Å². The zero-order valence-corrected chi connectivity index (χ0v) is 12.6. The molecule has 1 aliphatic rings. The Morgan fingerprint density at radius 3 is 2.95 bits per heavy atom. The highest BCUT2D eigenvalue weighted by Gasteiger charge is 2.37. The molecule has 0 spiro atoms. The Morgan fingerprint density at radius 2 is 2.33 bits per heavy atom. The van der Waals surface area contributed by atoms with Gasteiger partial charge in [0.2, 0.25) is 5.91 Å². The molecule has 4 nitrogen and oxygen atoms in total. The molecular formula is C16H23FN2O2. The van der Waals surface area contributed by atoms with Gasteiger partial charge in [-0.3, -0.25) is 9.69 Å². The fraction of sp³-hybridized carbons (Fsp3) is 0.562. The molecule has 2 rings (SSSR count). The average molecular weight is 294 g/mol. The fourth-order valence-electron chi connectivity index (χ4n) is 2.99. The van der Waals surface area contributed by atoms with Crippen molar-refractivity contribution < 1.29 is 13.9 Å². The predicted molar refractivity (Wildman–Crippen MR) is 79.3 cm³/mol. The number of primary amides is 1. The minimum absolute atomic E-state index is 0.0547. The smallest absolute Gasteiger partial charge is 0.234 e. The van der Waals surface area contributed by atoms with Crippen LogP contribution in [0.5, 0.6) is 0 Å². The van der Waals surface area contributed by atoms with Crippen LogP contribution in [-0.4, -0.2) is 42.6 Å². The predicted octanol–water partition coefficient (Wildman–Crippen LogP) is 1.72. The van der Waals surface area contributed by atoms with Crippen LogP contribution < -0.4 is 5.73 Å². The first-order valence-corrected chi connectivity index (χ1v) is 7.33. The molecule has 0 aromatic heterocycles. The number of carbonyl (C=O) groups excluding carboxylic acids is 1. The summed E-state index contributed by atoms with van der Waals surface area (Å²) in [5, 5.41) is 0. The molecule has 0 bridgehead atoms. The molecule has 21 heavy (non-hydrogen) atoms. The van der Waals surface area contributed by atoms with Crippen LogP contribution in [0.3, 0.4) is 0 Å². The molecule has 1 fully saturated rings. The third-order valence-electron chi connectivity index (χ3n) is 4.27. The lowest BCUT2D eigenvalue weighted by atomic mass is 10.0. The lowest BCUT2D eigenvalue weighted by Gasteiger charge is -2.28. The second kappa shape index (κ2) is 7.00. The lowest BCUT2D eigenvalue weighted by Crippen LogP contribution is -2.45. The standard InChI is InChI=1S/C16H23FN2O2/c1-11(6-7-12-4-3-5-13(17)8-12)19-10-14(21-2)9-15(19)16(18)20/h3-5,8,11,14-15H,6-7,9-10H2,1-2H3,(H2,18,20)/t11-,14-,15-/m0/s1. The number of hydrogen-bond donors (Lipinski definition) is 1. The van der Waals surface area contributed by atoms with Gasteiger partial charge in [-0.2, -0.15) is 0 Å². The van der Waals surface area contributed by atoms with Crippen molar-refractivity contribution in [2.24, 2.45) is 5.73 Å². The maximum absolute atomic E-state index is 13.2. The van der Waals surface area contributed by atoms with Crippen LogP contribution in [0.2, 0.25) is 0 Å². The Labute approximate surface area is 125 Å². The van der Waals surface area contributed by atoms with Gasteiger partial charge >= 0.3 is 0 Å². The van der Waals surface area contributed by atoms with Gasteiger partial charge in [0.05, 0.1) is 12.1 Å². The highest BCUT2D eigenvalue weighted by Crippen LogP contribution is 2.24. The SMILES string of the molecule is CO[C@H]1C[C@@H](C(N)=O)N([C@@H](C)CCc2cccc(F)c2)C1. The first-order chi connectivity index (χ1) is 10.0. The molecule has 0 aliphatic carbocycles. The molecule has 2 N–H and O–H groups in total. The van der Waals surface area contributed by atoms with Crippen molar-refractivity contribution in [2.45, 2.75) is 44.4 Å². The van der Waals surface area contributed by atoms with E-state index in [0.29, 0.717) is 13.0 Å². The van der Waals surface area contributed by atoms with Crippen LogP contribution in [0.4, 0.5) is 4.39 Å². The van der Waals surface area contributed by atoms with Gasteiger partial charge in [0, 0.05) is 19.7 Å². The number of halogens is 1.